The van der Waals surface area contributed by atoms with E-state index in [2.05, 4.69) is 9.97 Å². The van der Waals surface area contributed by atoms with Crippen LogP contribution in [0.2, 0.25) is 0 Å². The Morgan fingerprint density at radius 1 is 1.21 bits per heavy atom. The lowest BCUT2D eigenvalue weighted by Crippen LogP contribution is -1.86. The number of rotatable bonds is 1. The van der Waals surface area contributed by atoms with Crippen LogP contribution in [0.4, 0.5) is 4.39 Å². The largest absolute Gasteiger partial charge is 0.264 e. The Labute approximate surface area is 81.5 Å². The van der Waals surface area contributed by atoms with Gasteiger partial charge in [-0.25, -0.2) is 4.39 Å². The van der Waals surface area contributed by atoms with E-state index in [0.717, 1.165) is 11.1 Å². The molecule has 0 fully saturated rings. The first-order chi connectivity index (χ1) is 6.75. The highest BCUT2D eigenvalue weighted by Crippen LogP contribution is 2.16. The van der Waals surface area contributed by atoms with Crippen LogP contribution in [0.1, 0.15) is 5.56 Å². The third-order valence-corrected chi connectivity index (χ3v) is 1.89. The van der Waals surface area contributed by atoms with Crippen LogP contribution in [0.5, 0.6) is 0 Å². The summed E-state index contributed by atoms with van der Waals surface area (Å²) in [6, 6.07) is 4.65. The molecule has 0 aliphatic carbocycles. The van der Waals surface area contributed by atoms with Gasteiger partial charge in [0.2, 0.25) is 0 Å². The quantitative estimate of drug-likeness (QED) is 0.687. The van der Waals surface area contributed by atoms with Crippen molar-refractivity contribution in [3.63, 3.8) is 0 Å². The zero-order valence-electron chi connectivity index (χ0n) is 7.74. The van der Waals surface area contributed by atoms with Crippen molar-refractivity contribution in [3.05, 3.63) is 48.2 Å². The van der Waals surface area contributed by atoms with Gasteiger partial charge in [0.25, 0.3) is 0 Å². The number of aryl methyl sites for hydroxylation is 1. The average Bonchev–Trinajstić information content (AvgIpc) is 2.18. The lowest BCUT2D eigenvalue weighted by atomic mass is 10.1. The number of halogens is 1. The van der Waals surface area contributed by atoms with Crippen LogP contribution in [0.3, 0.4) is 0 Å². The maximum Gasteiger partial charge on any atom is 0.126 e. The summed E-state index contributed by atoms with van der Waals surface area (Å²) in [7, 11) is 0. The summed E-state index contributed by atoms with van der Waals surface area (Å²) in [6.45, 7) is 1.94. The number of hydrogen-bond donors (Lipinski definition) is 0. The Balaban J connectivity index is 2.49. The van der Waals surface area contributed by atoms with Gasteiger partial charge in [-0.2, -0.15) is 0 Å². The van der Waals surface area contributed by atoms with Crippen LogP contribution < -0.4 is 0 Å². The molecule has 3 heteroatoms. The molecule has 0 spiro atoms. The molecule has 0 amide bonds. The van der Waals surface area contributed by atoms with Crippen LogP contribution in [-0.2, 0) is 0 Å². The lowest BCUT2D eigenvalue weighted by Gasteiger charge is -2.00. The van der Waals surface area contributed by atoms with Crippen molar-refractivity contribution in [1.29, 1.82) is 0 Å². The first-order valence-electron chi connectivity index (χ1n) is 4.29. The molecule has 0 aliphatic heterocycles. The summed E-state index contributed by atoms with van der Waals surface area (Å²) in [6.07, 6.45) is 4.88. The van der Waals surface area contributed by atoms with Gasteiger partial charge in [0, 0.05) is 30.2 Å². The van der Waals surface area contributed by atoms with E-state index in [4.69, 9.17) is 0 Å². The van der Waals surface area contributed by atoms with Crippen LogP contribution in [-0.4, -0.2) is 9.97 Å². The maximum absolute atomic E-state index is 12.9. The fourth-order valence-electron chi connectivity index (χ4n) is 1.26. The Bertz CT molecular complexity index is 411. The number of nitrogens with zero attached hydrogens (tertiary/aromatic N) is 2. The molecule has 2 aromatic heterocycles. The van der Waals surface area contributed by atoms with Gasteiger partial charge in [0.15, 0.2) is 0 Å². The zero-order valence-corrected chi connectivity index (χ0v) is 7.74. The maximum atomic E-state index is 12.9. The van der Waals surface area contributed by atoms with Crippen molar-refractivity contribution >= 4 is 0 Å². The SMILES string of the molecule is Cc1cncc(-c2cc(F)ccn2)c1. The highest BCUT2D eigenvalue weighted by Gasteiger charge is 2.00. The number of aromatic nitrogens is 2. The minimum atomic E-state index is -0.281. The number of pyridine rings is 2. The fourth-order valence-corrected chi connectivity index (χ4v) is 1.26. The summed E-state index contributed by atoms with van der Waals surface area (Å²) in [5.74, 6) is -0.281. The normalized spacial score (nSPS) is 10.1. The molecule has 0 N–H and O–H groups in total. The van der Waals surface area contributed by atoms with Gasteiger partial charge in [-0.15, -0.1) is 0 Å². The summed E-state index contributed by atoms with van der Waals surface area (Å²) < 4.78 is 12.9. The molecule has 2 heterocycles. The van der Waals surface area contributed by atoms with E-state index in [-0.39, 0.29) is 5.82 Å². The molecular weight excluding hydrogens is 179 g/mol. The van der Waals surface area contributed by atoms with Gasteiger partial charge < -0.3 is 0 Å². The molecule has 2 aromatic rings. The van der Waals surface area contributed by atoms with E-state index in [1.165, 1.54) is 18.3 Å². The van der Waals surface area contributed by atoms with Crippen molar-refractivity contribution in [3.8, 4) is 11.3 Å². The molecule has 0 saturated carbocycles. The smallest absolute Gasteiger partial charge is 0.126 e. The van der Waals surface area contributed by atoms with E-state index < -0.39 is 0 Å². The van der Waals surface area contributed by atoms with Gasteiger partial charge in [0.1, 0.15) is 5.82 Å². The van der Waals surface area contributed by atoms with E-state index in [1.807, 2.05) is 13.0 Å². The van der Waals surface area contributed by atoms with Gasteiger partial charge in [0.05, 0.1) is 5.69 Å². The molecule has 14 heavy (non-hydrogen) atoms. The lowest BCUT2D eigenvalue weighted by molar-refractivity contribution is 0.626. The van der Waals surface area contributed by atoms with E-state index >= 15 is 0 Å². The van der Waals surface area contributed by atoms with Crippen LogP contribution >= 0.6 is 0 Å². The van der Waals surface area contributed by atoms with Crippen molar-refractivity contribution in [2.24, 2.45) is 0 Å². The summed E-state index contributed by atoms with van der Waals surface area (Å²) in [4.78, 5) is 8.10. The molecule has 2 rings (SSSR count). The van der Waals surface area contributed by atoms with Crippen LogP contribution in [0.15, 0.2) is 36.8 Å². The van der Waals surface area contributed by atoms with Crippen LogP contribution in [0, 0.1) is 12.7 Å². The standard InChI is InChI=1S/C11H9FN2/c1-8-4-9(7-13-6-8)11-5-10(12)2-3-14-11/h2-7H,1H3. The molecule has 0 aromatic carbocycles. The third-order valence-electron chi connectivity index (χ3n) is 1.89. The van der Waals surface area contributed by atoms with Crippen molar-refractivity contribution in [1.82, 2.24) is 9.97 Å². The predicted octanol–water partition coefficient (Wildman–Crippen LogP) is 2.59. The second-order valence-electron chi connectivity index (χ2n) is 3.11. The van der Waals surface area contributed by atoms with E-state index in [9.17, 15) is 4.39 Å². The molecule has 0 atom stereocenters. The first kappa shape index (κ1) is 8.81. The van der Waals surface area contributed by atoms with Crippen molar-refractivity contribution < 1.29 is 4.39 Å². The van der Waals surface area contributed by atoms with Gasteiger partial charge in [-0.3, -0.25) is 9.97 Å². The van der Waals surface area contributed by atoms with Crippen molar-refractivity contribution in [2.45, 2.75) is 6.92 Å². The predicted molar refractivity (Wildman–Crippen MR) is 52.2 cm³/mol. The highest BCUT2D eigenvalue weighted by atomic mass is 19.1. The minimum absolute atomic E-state index is 0.281. The van der Waals surface area contributed by atoms with E-state index in [1.54, 1.807) is 12.4 Å². The van der Waals surface area contributed by atoms with Crippen molar-refractivity contribution in [2.75, 3.05) is 0 Å². The Kier molecular flexibility index (Phi) is 2.23. The molecule has 0 radical (unpaired) electrons. The fraction of sp³-hybridized carbons (Fsp3) is 0.0909. The summed E-state index contributed by atoms with van der Waals surface area (Å²) >= 11 is 0. The first-order valence-corrected chi connectivity index (χ1v) is 4.29. The molecule has 70 valence electrons. The molecule has 2 nitrogen and oxygen atoms in total. The summed E-state index contributed by atoms with van der Waals surface area (Å²) in [5.41, 5.74) is 2.49. The Morgan fingerprint density at radius 2 is 2.07 bits per heavy atom. The van der Waals surface area contributed by atoms with Gasteiger partial charge >= 0.3 is 0 Å². The number of hydrogen-bond acceptors (Lipinski definition) is 2. The molecular formula is C11H9FN2. The average molecular weight is 188 g/mol. The van der Waals surface area contributed by atoms with E-state index in [0.29, 0.717) is 5.69 Å². The highest BCUT2D eigenvalue weighted by molar-refractivity contribution is 5.58. The minimum Gasteiger partial charge on any atom is -0.264 e. The summed E-state index contributed by atoms with van der Waals surface area (Å²) in [5, 5.41) is 0. The third kappa shape index (κ3) is 1.76. The second-order valence-corrected chi connectivity index (χ2v) is 3.11. The van der Waals surface area contributed by atoms with Crippen LogP contribution in [0.25, 0.3) is 11.3 Å². The van der Waals surface area contributed by atoms with Gasteiger partial charge in [-0.1, -0.05) is 0 Å². The topological polar surface area (TPSA) is 25.8 Å². The zero-order chi connectivity index (χ0) is 9.97. The van der Waals surface area contributed by atoms with Gasteiger partial charge in [-0.05, 0) is 24.6 Å². The Hall–Kier alpha value is -1.77. The second kappa shape index (κ2) is 3.54. The molecule has 0 aliphatic rings. The monoisotopic (exact) mass is 188 g/mol. The molecule has 0 bridgehead atoms. The molecule has 0 unspecified atom stereocenters. The molecule has 0 saturated heterocycles. The Morgan fingerprint density at radius 3 is 2.79 bits per heavy atom.